The van der Waals surface area contributed by atoms with Crippen molar-refractivity contribution >= 4 is 0 Å². The van der Waals surface area contributed by atoms with E-state index in [0.29, 0.717) is 12.6 Å². The molecule has 1 aromatic heterocycles. The van der Waals surface area contributed by atoms with Gasteiger partial charge in [0, 0.05) is 24.1 Å². The monoisotopic (exact) mass is 273 g/mol. The summed E-state index contributed by atoms with van der Waals surface area (Å²) in [6.07, 6.45) is 2.60. The molecule has 3 heteroatoms. The van der Waals surface area contributed by atoms with Gasteiger partial charge in [0.05, 0.1) is 12.9 Å². The number of nitrogens with one attached hydrogen (secondary N) is 1. The second-order valence-corrected chi connectivity index (χ2v) is 5.04. The van der Waals surface area contributed by atoms with Gasteiger partial charge in [-0.05, 0) is 39.0 Å². The summed E-state index contributed by atoms with van der Waals surface area (Å²) in [5.41, 5.74) is 1.20. The standard InChI is InChI=1S/C17H23NO2/c1-4-19-17-10-6-5-9-16(17)14(3)18-13(2)12-15-8-7-11-20-15/h5-11,13-14,18H,4,12H2,1-3H3. The largest absolute Gasteiger partial charge is 0.494 e. The van der Waals surface area contributed by atoms with Crippen molar-refractivity contribution in [3.8, 4) is 5.75 Å². The van der Waals surface area contributed by atoms with E-state index in [2.05, 4.69) is 25.2 Å². The maximum absolute atomic E-state index is 5.69. The highest BCUT2D eigenvalue weighted by Gasteiger charge is 2.14. The number of para-hydroxylation sites is 1. The molecule has 0 amide bonds. The first-order valence-electron chi connectivity index (χ1n) is 7.20. The average Bonchev–Trinajstić information content (AvgIpc) is 2.92. The molecule has 108 valence electrons. The van der Waals surface area contributed by atoms with Crippen molar-refractivity contribution < 1.29 is 9.15 Å². The van der Waals surface area contributed by atoms with Gasteiger partial charge in [-0.3, -0.25) is 0 Å². The molecule has 3 nitrogen and oxygen atoms in total. The lowest BCUT2D eigenvalue weighted by Crippen LogP contribution is -2.30. The molecule has 0 saturated carbocycles. The summed E-state index contributed by atoms with van der Waals surface area (Å²) >= 11 is 0. The van der Waals surface area contributed by atoms with Crippen LogP contribution in [0.4, 0.5) is 0 Å². The molecule has 1 aromatic carbocycles. The van der Waals surface area contributed by atoms with Crippen molar-refractivity contribution in [3.05, 3.63) is 54.0 Å². The van der Waals surface area contributed by atoms with E-state index in [9.17, 15) is 0 Å². The fourth-order valence-corrected chi connectivity index (χ4v) is 2.43. The lowest BCUT2D eigenvalue weighted by atomic mass is 10.1. The van der Waals surface area contributed by atoms with E-state index in [4.69, 9.17) is 9.15 Å². The maximum atomic E-state index is 5.69. The molecule has 1 N–H and O–H groups in total. The third-order valence-electron chi connectivity index (χ3n) is 3.31. The Morgan fingerprint density at radius 1 is 1.15 bits per heavy atom. The SMILES string of the molecule is CCOc1ccccc1C(C)NC(C)Cc1ccco1. The minimum atomic E-state index is 0.239. The predicted octanol–water partition coefficient (Wildman–Crippen LogP) is 3.96. The van der Waals surface area contributed by atoms with Crippen LogP contribution in [0.5, 0.6) is 5.75 Å². The first-order valence-corrected chi connectivity index (χ1v) is 7.20. The number of rotatable bonds is 7. The molecule has 0 saturated heterocycles. The first-order chi connectivity index (χ1) is 9.70. The summed E-state index contributed by atoms with van der Waals surface area (Å²) in [4.78, 5) is 0. The zero-order valence-electron chi connectivity index (χ0n) is 12.4. The van der Waals surface area contributed by atoms with Crippen LogP contribution in [0.25, 0.3) is 0 Å². The first kappa shape index (κ1) is 14.7. The molecule has 0 aliphatic carbocycles. The average molecular weight is 273 g/mol. The van der Waals surface area contributed by atoms with Crippen molar-refractivity contribution in [2.45, 2.75) is 39.3 Å². The second kappa shape index (κ2) is 7.15. The molecule has 2 unspecified atom stereocenters. The Balaban J connectivity index is 1.98. The van der Waals surface area contributed by atoms with Gasteiger partial charge in [0.15, 0.2) is 0 Å². The fraction of sp³-hybridized carbons (Fsp3) is 0.412. The van der Waals surface area contributed by atoms with Crippen LogP contribution in [0.1, 0.15) is 38.1 Å². The van der Waals surface area contributed by atoms with Gasteiger partial charge in [-0.25, -0.2) is 0 Å². The Kier molecular flexibility index (Phi) is 5.24. The molecule has 0 aliphatic heterocycles. The van der Waals surface area contributed by atoms with E-state index in [1.54, 1.807) is 6.26 Å². The van der Waals surface area contributed by atoms with Gasteiger partial charge in [0.2, 0.25) is 0 Å². The highest BCUT2D eigenvalue weighted by atomic mass is 16.5. The van der Waals surface area contributed by atoms with E-state index in [-0.39, 0.29) is 6.04 Å². The highest BCUT2D eigenvalue weighted by molar-refractivity contribution is 5.35. The van der Waals surface area contributed by atoms with E-state index in [1.807, 2.05) is 37.3 Å². The van der Waals surface area contributed by atoms with Gasteiger partial charge < -0.3 is 14.5 Å². The van der Waals surface area contributed by atoms with Crippen molar-refractivity contribution in [3.63, 3.8) is 0 Å². The van der Waals surface area contributed by atoms with Gasteiger partial charge in [0.1, 0.15) is 11.5 Å². The molecule has 2 aromatic rings. The van der Waals surface area contributed by atoms with Crippen LogP contribution in [0.15, 0.2) is 47.1 Å². The Labute approximate surface area is 121 Å². The molecular weight excluding hydrogens is 250 g/mol. The van der Waals surface area contributed by atoms with Gasteiger partial charge in [-0.2, -0.15) is 0 Å². The molecule has 2 atom stereocenters. The normalized spacial score (nSPS) is 13.9. The topological polar surface area (TPSA) is 34.4 Å². The molecule has 0 radical (unpaired) electrons. The van der Waals surface area contributed by atoms with E-state index in [1.165, 1.54) is 5.56 Å². The highest BCUT2D eigenvalue weighted by Crippen LogP contribution is 2.25. The zero-order valence-corrected chi connectivity index (χ0v) is 12.4. The quantitative estimate of drug-likeness (QED) is 0.829. The Morgan fingerprint density at radius 2 is 1.95 bits per heavy atom. The fourth-order valence-electron chi connectivity index (χ4n) is 2.43. The molecule has 0 aliphatic rings. The summed E-state index contributed by atoms with van der Waals surface area (Å²) in [5, 5.41) is 3.59. The van der Waals surface area contributed by atoms with E-state index < -0.39 is 0 Å². The van der Waals surface area contributed by atoms with Crippen LogP contribution in [-0.2, 0) is 6.42 Å². The van der Waals surface area contributed by atoms with Crippen LogP contribution < -0.4 is 10.1 Å². The maximum Gasteiger partial charge on any atom is 0.124 e. The van der Waals surface area contributed by atoms with Crippen LogP contribution in [0.2, 0.25) is 0 Å². The lowest BCUT2D eigenvalue weighted by molar-refractivity contribution is 0.330. The van der Waals surface area contributed by atoms with Gasteiger partial charge >= 0.3 is 0 Å². The number of hydrogen-bond acceptors (Lipinski definition) is 3. The van der Waals surface area contributed by atoms with Crippen molar-refractivity contribution in [2.24, 2.45) is 0 Å². The molecule has 0 spiro atoms. The Bertz CT molecular complexity index is 507. The number of ether oxygens (including phenoxy) is 1. The van der Waals surface area contributed by atoms with Crippen LogP contribution in [0, 0.1) is 0 Å². The predicted molar refractivity (Wildman–Crippen MR) is 81.0 cm³/mol. The molecular formula is C17H23NO2. The van der Waals surface area contributed by atoms with E-state index >= 15 is 0 Å². The summed E-state index contributed by atoms with van der Waals surface area (Å²) in [6.45, 7) is 7.03. The minimum Gasteiger partial charge on any atom is -0.494 e. The van der Waals surface area contributed by atoms with Gasteiger partial charge in [0.25, 0.3) is 0 Å². The summed E-state index contributed by atoms with van der Waals surface area (Å²) in [6, 6.07) is 12.7. The van der Waals surface area contributed by atoms with Crippen LogP contribution in [-0.4, -0.2) is 12.6 Å². The zero-order chi connectivity index (χ0) is 14.4. The van der Waals surface area contributed by atoms with E-state index in [0.717, 1.165) is 17.9 Å². The van der Waals surface area contributed by atoms with Crippen molar-refractivity contribution in [1.29, 1.82) is 0 Å². The third kappa shape index (κ3) is 3.87. The molecule has 1 heterocycles. The molecule has 2 rings (SSSR count). The van der Waals surface area contributed by atoms with Crippen molar-refractivity contribution in [2.75, 3.05) is 6.61 Å². The summed E-state index contributed by atoms with van der Waals surface area (Å²) in [5.74, 6) is 1.97. The van der Waals surface area contributed by atoms with Gasteiger partial charge in [-0.1, -0.05) is 18.2 Å². The lowest BCUT2D eigenvalue weighted by Gasteiger charge is -2.21. The smallest absolute Gasteiger partial charge is 0.124 e. The number of benzene rings is 1. The number of hydrogen-bond donors (Lipinski definition) is 1. The van der Waals surface area contributed by atoms with Crippen LogP contribution in [0.3, 0.4) is 0 Å². The molecule has 20 heavy (non-hydrogen) atoms. The third-order valence-corrected chi connectivity index (χ3v) is 3.31. The number of furan rings is 1. The molecule has 0 fully saturated rings. The second-order valence-electron chi connectivity index (χ2n) is 5.04. The Hall–Kier alpha value is -1.74. The summed E-state index contributed by atoms with van der Waals surface area (Å²) in [7, 11) is 0. The van der Waals surface area contributed by atoms with Gasteiger partial charge in [-0.15, -0.1) is 0 Å². The minimum absolute atomic E-state index is 0.239. The molecule has 0 bridgehead atoms. The summed E-state index contributed by atoms with van der Waals surface area (Å²) < 4.78 is 11.1. The Morgan fingerprint density at radius 3 is 2.65 bits per heavy atom. The van der Waals surface area contributed by atoms with Crippen LogP contribution >= 0.6 is 0 Å². The van der Waals surface area contributed by atoms with Crippen molar-refractivity contribution in [1.82, 2.24) is 5.32 Å².